The first kappa shape index (κ1) is 12.0. The molecule has 0 spiro atoms. The highest BCUT2D eigenvalue weighted by Gasteiger charge is 2.30. The van der Waals surface area contributed by atoms with Gasteiger partial charge in [0, 0.05) is 4.90 Å². The molecule has 14 heavy (non-hydrogen) atoms. The number of benzene rings is 1. The van der Waals surface area contributed by atoms with Crippen molar-refractivity contribution in [1.29, 1.82) is 0 Å². The lowest BCUT2D eigenvalue weighted by Gasteiger charge is -2.10. The van der Waals surface area contributed by atoms with Gasteiger partial charge in [0.1, 0.15) is 4.84 Å². The average Bonchev–Trinajstić information content (AvgIpc) is 2.01. The normalized spacial score (nSPS) is 12.1. The molecule has 0 nitrogen and oxygen atoms in total. The molecule has 0 fully saturated rings. The summed E-state index contributed by atoms with van der Waals surface area (Å²) >= 11 is 10.8. The largest absolute Gasteiger partial charge is 0.446 e. The maximum absolute atomic E-state index is 12.1. The summed E-state index contributed by atoms with van der Waals surface area (Å²) in [5.41, 5.74) is -4.04. The molecule has 1 aromatic rings. The number of rotatable bonds is 2. The van der Waals surface area contributed by atoms with Gasteiger partial charge in [-0.2, -0.15) is 13.2 Å². The highest BCUT2D eigenvalue weighted by atomic mass is 35.5. The first-order valence-corrected chi connectivity index (χ1v) is 5.22. The molecule has 0 aromatic heterocycles. The van der Waals surface area contributed by atoms with Gasteiger partial charge in [0.15, 0.2) is 0 Å². The van der Waals surface area contributed by atoms with Gasteiger partial charge in [0.05, 0.1) is 0 Å². The van der Waals surface area contributed by atoms with Crippen LogP contribution in [0.3, 0.4) is 0 Å². The SMILES string of the molecule is FC(F)(F)Sc1ccccc1C(Cl)Cl. The Labute approximate surface area is 93.4 Å². The van der Waals surface area contributed by atoms with Crippen LogP contribution in [0.15, 0.2) is 29.2 Å². The zero-order valence-electron chi connectivity index (χ0n) is 6.68. The van der Waals surface area contributed by atoms with Crippen molar-refractivity contribution in [3.05, 3.63) is 29.8 Å². The summed E-state index contributed by atoms with van der Waals surface area (Å²) in [6.07, 6.45) is 0. The van der Waals surface area contributed by atoms with Gasteiger partial charge in [0.25, 0.3) is 0 Å². The average molecular weight is 261 g/mol. The first-order chi connectivity index (χ1) is 6.40. The molecule has 1 aromatic carbocycles. The van der Waals surface area contributed by atoms with Gasteiger partial charge >= 0.3 is 5.51 Å². The molecule has 0 heterocycles. The summed E-state index contributed by atoms with van der Waals surface area (Å²) in [4.78, 5) is -0.906. The zero-order valence-corrected chi connectivity index (χ0v) is 9.01. The predicted octanol–water partition coefficient (Wildman–Crippen LogP) is 4.77. The van der Waals surface area contributed by atoms with Crippen molar-refractivity contribution >= 4 is 35.0 Å². The maximum Gasteiger partial charge on any atom is 0.446 e. The zero-order chi connectivity index (χ0) is 10.8. The smallest absolute Gasteiger partial charge is 0.160 e. The third kappa shape index (κ3) is 3.59. The summed E-state index contributed by atoms with van der Waals surface area (Å²) in [6, 6.07) is 5.91. The maximum atomic E-state index is 12.1. The van der Waals surface area contributed by atoms with Crippen molar-refractivity contribution in [2.24, 2.45) is 0 Å². The van der Waals surface area contributed by atoms with Gasteiger partial charge in [-0.3, -0.25) is 0 Å². The lowest BCUT2D eigenvalue weighted by Crippen LogP contribution is -2.00. The van der Waals surface area contributed by atoms with Crippen molar-refractivity contribution in [3.8, 4) is 0 Å². The molecular formula is C8H5Cl2F3S. The second-order valence-electron chi connectivity index (χ2n) is 2.39. The number of halogens is 5. The van der Waals surface area contributed by atoms with Gasteiger partial charge < -0.3 is 0 Å². The Balaban J connectivity index is 2.96. The highest BCUT2D eigenvalue weighted by Crippen LogP contribution is 2.41. The van der Waals surface area contributed by atoms with Crippen LogP contribution in [0.1, 0.15) is 10.4 Å². The molecule has 0 saturated heterocycles. The van der Waals surface area contributed by atoms with Crippen LogP contribution < -0.4 is 0 Å². The molecule has 0 bridgehead atoms. The van der Waals surface area contributed by atoms with E-state index in [9.17, 15) is 13.2 Å². The molecule has 0 atom stereocenters. The quantitative estimate of drug-likeness (QED) is 0.545. The Morgan fingerprint density at radius 2 is 1.71 bits per heavy atom. The van der Waals surface area contributed by atoms with E-state index in [-0.39, 0.29) is 22.2 Å². The first-order valence-electron chi connectivity index (χ1n) is 3.53. The lowest BCUT2D eigenvalue weighted by atomic mass is 10.2. The van der Waals surface area contributed by atoms with E-state index in [1.165, 1.54) is 18.2 Å². The van der Waals surface area contributed by atoms with E-state index in [0.29, 0.717) is 0 Å². The van der Waals surface area contributed by atoms with E-state index in [1.54, 1.807) is 6.07 Å². The Kier molecular flexibility index (Phi) is 3.98. The van der Waals surface area contributed by atoms with Crippen LogP contribution >= 0.6 is 35.0 Å². The van der Waals surface area contributed by atoms with Crippen molar-refractivity contribution in [2.45, 2.75) is 15.2 Å². The molecule has 0 aliphatic carbocycles. The van der Waals surface area contributed by atoms with E-state index < -0.39 is 10.3 Å². The molecule has 0 N–H and O–H groups in total. The van der Waals surface area contributed by atoms with Crippen molar-refractivity contribution < 1.29 is 13.2 Å². The van der Waals surface area contributed by atoms with Crippen LogP contribution in [0.5, 0.6) is 0 Å². The van der Waals surface area contributed by atoms with Crippen LogP contribution in [0.4, 0.5) is 13.2 Å². The van der Waals surface area contributed by atoms with Crippen LogP contribution in [-0.2, 0) is 0 Å². The van der Waals surface area contributed by atoms with Crippen LogP contribution in [-0.4, -0.2) is 5.51 Å². The van der Waals surface area contributed by atoms with E-state index in [4.69, 9.17) is 23.2 Å². The Morgan fingerprint density at radius 1 is 1.14 bits per heavy atom. The van der Waals surface area contributed by atoms with Crippen molar-refractivity contribution in [1.82, 2.24) is 0 Å². The van der Waals surface area contributed by atoms with Gasteiger partial charge in [-0.1, -0.05) is 18.2 Å². The van der Waals surface area contributed by atoms with Gasteiger partial charge in [-0.25, -0.2) is 0 Å². The monoisotopic (exact) mass is 260 g/mol. The van der Waals surface area contributed by atoms with E-state index >= 15 is 0 Å². The number of thioether (sulfide) groups is 1. The Morgan fingerprint density at radius 3 is 2.21 bits per heavy atom. The van der Waals surface area contributed by atoms with E-state index in [1.807, 2.05) is 0 Å². The summed E-state index contributed by atoms with van der Waals surface area (Å²) in [5, 5.41) is 0. The van der Waals surface area contributed by atoms with Gasteiger partial charge in [-0.05, 0) is 23.4 Å². The Bertz CT molecular complexity index is 312. The van der Waals surface area contributed by atoms with Gasteiger partial charge in [-0.15, -0.1) is 23.2 Å². The third-order valence-electron chi connectivity index (χ3n) is 1.38. The fourth-order valence-electron chi connectivity index (χ4n) is 0.878. The topological polar surface area (TPSA) is 0 Å². The summed E-state index contributed by atoms with van der Waals surface area (Å²) in [5.74, 6) is 0. The summed E-state index contributed by atoms with van der Waals surface area (Å²) < 4.78 is 36.2. The molecule has 0 aliphatic rings. The van der Waals surface area contributed by atoms with Crippen molar-refractivity contribution in [3.63, 3.8) is 0 Å². The molecular weight excluding hydrogens is 256 g/mol. The fraction of sp³-hybridized carbons (Fsp3) is 0.250. The highest BCUT2D eigenvalue weighted by molar-refractivity contribution is 8.00. The molecule has 0 saturated carbocycles. The number of alkyl halides is 5. The standard InChI is InChI=1S/C8H5Cl2F3S/c9-7(10)5-3-1-2-4-6(5)14-8(11,12)13/h1-4,7H. The van der Waals surface area contributed by atoms with Crippen LogP contribution in [0.25, 0.3) is 0 Å². The minimum atomic E-state index is -4.32. The lowest BCUT2D eigenvalue weighted by molar-refractivity contribution is -0.0328. The summed E-state index contributed by atoms with van der Waals surface area (Å²) in [7, 11) is 0. The summed E-state index contributed by atoms with van der Waals surface area (Å²) in [6.45, 7) is 0. The Hall–Kier alpha value is -0.0600. The number of hydrogen-bond acceptors (Lipinski definition) is 1. The second kappa shape index (κ2) is 4.64. The molecule has 0 radical (unpaired) electrons. The minimum absolute atomic E-state index is 0.0370. The van der Waals surface area contributed by atoms with Gasteiger partial charge in [0.2, 0.25) is 0 Å². The molecule has 1 rings (SSSR count). The number of hydrogen-bond donors (Lipinski definition) is 0. The minimum Gasteiger partial charge on any atom is -0.160 e. The fourth-order valence-corrected chi connectivity index (χ4v) is 2.09. The molecule has 0 unspecified atom stereocenters. The second-order valence-corrected chi connectivity index (χ2v) is 4.59. The van der Waals surface area contributed by atoms with E-state index in [2.05, 4.69) is 0 Å². The van der Waals surface area contributed by atoms with Crippen LogP contribution in [0, 0.1) is 0 Å². The van der Waals surface area contributed by atoms with Crippen molar-refractivity contribution in [2.75, 3.05) is 0 Å². The molecule has 0 aliphatic heterocycles. The molecule has 78 valence electrons. The molecule has 6 heteroatoms. The van der Waals surface area contributed by atoms with E-state index in [0.717, 1.165) is 0 Å². The van der Waals surface area contributed by atoms with Crippen LogP contribution in [0.2, 0.25) is 0 Å². The third-order valence-corrected chi connectivity index (χ3v) is 2.67. The molecule has 0 amide bonds. The predicted molar refractivity (Wildman–Crippen MR) is 52.8 cm³/mol.